The number of benzene rings is 1. The third-order valence-electron chi connectivity index (χ3n) is 2.77. The Morgan fingerprint density at radius 1 is 1.33 bits per heavy atom. The molecule has 18 heavy (non-hydrogen) atoms. The zero-order chi connectivity index (χ0) is 12.8. The van der Waals surface area contributed by atoms with Crippen LogP contribution in [0, 0.1) is 0 Å². The Kier molecular flexibility index (Phi) is 4.36. The van der Waals surface area contributed by atoms with Gasteiger partial charge in [0.25, 0.3) is 0 Å². The van der Waals surface area contributed by atoms with Gasteiger partial charge in [0, 0.05) is 19.3 Å². The Morgan fingerprint density at radius 2 is 2.11 bits per heavy atom. The number of aromatic nitrogens is 2. The van der Waals surface area contributed by atoms with Crippen LogP contribution < -0.4 is 10.5 Å². The summed E-state index contributed by atoms with van der Waals surface area (Å²) in [5, 5.41) is 4.13. The van der Waals surface area contributed by atoms with E-state index < -0.39 is 0 Å². The van der Waals surface area contributed by atoms with Crippen molar-refractivity contribution in [2.45, 2.75) is 18.9 Å². The summed E-state index contributed by atoms with van der Waals surface area (Å²) in [7, 11) is 1.92. The van der Waals surface area contributed by atoms with Crippen molar-refractivity contribution in [3.63, 3.8) is 0 Å². The highest BCUT2D eigenvalue weighted by molar-refractivity contribution is 5.20. The molecule has 1 aromatic heterocycles. The predicted octanol–water partition coefficient (Wildman–Crippen LogP) is 1.76. The van der Waals surface area contributed by atoms with Crippen LogP contribution in [0.1, 0.15) is 12.0 Å². The molecule has 0 bridgehead atoms. The highest BCUT2D eigenvalue weighted by Gasteiger charge is 2.05. The van der Waals surface area contributed by atoms with Gasteiger partial charge >= 0.3 is 0 Å². The number of para-hydroxylation sites is 1. The molecule has 4 nitrogen and oxygen atoms in total. The fourth-order valence-corrected chi connectivity index (χ4v) is 1.76. The number of nitrogens with zero attached hydrogens (tertiary/aromatic N) is 2. The van der Waals surface area contributed by atoms with E-state index in [0.717, 1.165) is 18.6 Å². The van der Waals surface area contributed by atoms with E-state index in [0.29, 0.717) is 6.61 Å². The Hall–Kier alpha value is -1.81. The van der Waals surface area contributed by atoms with Crippen LogP contribution in [0.3, 0.4) is 0 Å². The molecular weight excluding hydrogens is 226 g/mol. The highest BCUT2D eigenvalue weighted by Crippen LogP contribution is 2.09. The first kappa shape index (κ1) is 12.6. The van der Waals surface area contributed by atoms with Crippen molar-refractivity contribution in [3.05, 3.63) is 48.3 Å². The lowest BCUT2D eigenvalue weighted by atomic mass is 10.1. The highest BCUT2D eigenvalue weighted by atomic mass is 16.5. The maximum absolute atomic E-state index is 6.02. The standard InChI is InChI=1S/C14H19N3O/c1-17-10-12(9-16-17)7-8-13(15)11-18-14-5-3-2-4-6-14/h2-6,9-10,13H,7-8,11,15H2,1H3. The first-order chi connectivity index (χ1) is 8.74. The molecule has 2 aromatic rings. The maximum atomic E-state index is 6.02. The topological polar surface area (TPSA) is 53.1 Å². The monoisotopic (exact) mass is 245 g/mol. The van der Waals surface area contributed by atoms with Gasteiger partial charge in [-0.05, 0) is 30.5 Å². The second-order valence-electron chi connectivity index (χ2n) is 4.45. The predicted molar refractivity (Wildman–Crippen MR) is 71.4 cm³/mol. The number of aryl methyl sites for hydroxylation is 2. The summed E-state index contributed by atoms with van der Waals surface area (Å²) in [4.78, 5) is 0. The molecule has 2 rings (SSSR count). The summed E-state index contributed by atoms with van der Waals surface area (Å²) in [5.74, 6) is 0.870. The van der Waals surface area contributed by atoms with Crippen molar-refractivity contribution in [2.24, 2.45) is 12.8 Å². The Bertz CT molecular complexity index is 467. The number of hydrogen-bond acceptors (Lipinski definition) is 3. The Labute approximate surface area is 107 Å². The second-order valence-corrected chi connectivity index (χ2v) is 4.45. The van der Waals surface area contributed by atoms with Crippen LogP contribution in [0.25, 0.3) is 0 Å². The minimum atomic E-state index is 0.0467. The lowest BCUT2D eigenvalue weighted by Gasteiger charge is -2.12. The lowest BCUT2D eigenvalue weighted by Crippen LogP contribution is -2.28. The molecular formula is C14H19N3O. The van der Waals surface area contributed by atoms with Gasteiger partial charge in [0.1, 0.15) is 12.4 Å². The van der Waals surface area contributed by atoms with Crippen molar-refractivity contribution < 1.29 is 4.74 Å². The van der Waals surface area contributed by atoms with Crippen molar-refractivity contribution in [1.82, 2.24) is 9.78 Å². The van der Waals surface area contributed by atoms with E-state index >= 15 is 0 Å². The SMILES string of the molecule is Cn1cc(CCC(N)COc2ccccc2)cn1. The number of nitrogens with two attached hydrogens (primary N) is 1. The third-order valence-corrected chi connectivity index (χ3v) is 2.77. The summed E-state index contributed by atoms with van der Waals surface area (Å²) in [6.07, 6.45) is 5.74. The van der Waals surface area contributed by atoms with Gasteiger partial charge in [0.15, 0.2) is 0 Å². The fraction of sp³-hybridized carbons (Fsp3) is 0.357. The van der Waals surface area contributed by atoms with E-state index in [1.807, 2.05) is 49.8 Å². The van der Waals surface area contributed by atoms with E-state index in [4.69, 9.17) is 10.5 Å². The van der Waals surface area contributed by atoms with E-state index in [1.54, 1.807) is 4.68 Å². The van der Waals surface area contributed by atoms with Gasteiger partial charge in [-0.25, -0.2) is 0 Å². The quantitative estimate of drug-likeness (QED) is 0.843. The van der Waals surface area contributed by atoms with Gasteiger partial charge in [-0.3, -0.25) is 4.68 Å². The number of rotatable bonds is 6. The second kappa shape index (κ2) is 6.21. The molecule has 0 aliphatic rings. The van der Waals surface area contributed by atoms with Gasteiger partial charge in [-0.1, -0.05) is 18.2 Å². The maximum Gasteiger partial charge on any atom is 0.119 e. The molecule has 1 unspecified atom stereocenters. The summed E-state index contributed by atoms with van der Waals surface area (Å²) in [5.41, 5.74) is 7.24. The number of ether oxygens (including phenoxy) is 1. The summed E-state index contributed by atoms with van der Waals surface area (Å²) >= 11 is 0. The molecule has 1 heterocycles. The normalized spacial score (nSPS) is 12.3. The summed E-state index contributed by atoms with van der Waals surface area (Å²) in [6, 6.07) is 9.80. The van der Waals surface area contributed by atoms with Gasteiger partial charge in [0.05, 0.1) is 6.20 Å². The van der Waals surface area contributed by atoms with Gasteiger partial charge in [0.2, 0.25) is 0 Å². The van der Waals surface area contributed by atoms with Crippen molar-refractivity contribution >= 4 is 0 Å². The molecule has 0 spiro atoms. The van der Waals surface area contributed by atoms with E-state index in [1.165, 1.54) is 5.56 Å². The molecule has 1 atom stereocenters. The molecule has 0 aliphatic carbocycles. The number of hydrogen-bond donors (Lipinski definition) is 1. The first-order valence-corrected chi connectivity index (χ1v) is 6.15. The van der Waals surface area contributed by atoms with Crippen molar-refractivity contribution in [3.8, 4) is 5.75 Å². The van der Waals surface area contributed by atoms with E-state index in [-0.39, 0.29) is 6.04 Å². The molecule has 96 valence electrons. The van der Waals surface area contributed by atoms with Gasteiger partial charge < -0.3 is 10.5 Å². The van der Waals surface area contributed by atoms with Crippen molar-refractivity contribution in [2.75, 3.05) is 6.61 Å². The summed E-state index contributed by atoms with van der Waals surface area (Å²) < 4.78 is 7.42. The van der Waals surface area contributed by atoms with E-state index in [9.17, 15) is 0 Å². The molecule has 2 N–H and O–H groups in total. The Morgan fingerprint density at radius 3 is 2.78 bits per heavy atom. The van der Waals surface area contributed by atoms with Gasteiger partial charge in [-0.15, -0.1) is 0 Å². The van der Waals surface area contributed by atoms with Crippen LogP contribution in [-0.4, -0.2) is 22.4 Å². The molecule has 1 aromatic carbocycles. The average molecular weight is 245 g/mol. The van der Waals surface area contributed by atoms with Crippen LogP contribution >= 0.6 is 0 Å². The smallest absolute Gasteiger partial charge is 0.119 e. The van der Waals surface area contributed by atoms with Crippen LogP contribution in [0.4, 0.5) is 0 Å². The zero-order valence-corrected chi connectivity index (χ0v) is 10.6. The van der Waals surface area contributed by atoms with Crippen LogP contribution in [0.5, 0.6) is 5.75 Å². The average Bonchev–Trinajstić information content (AvgIpc) is 2.81. The molecule has 0 saturated heterocycles. The zero-order valence-electron chi connectivity index (χ0n) is 10.6. The van der Waals surface area contributed by atoms with Crippen LogP contribution in [0.15, 0.2) is 42.7 Å². The molecule has 0 fully saturated rings. The molecule has 4 heteroatoms. The fourth-order valence-electron chi connectivity index (χ4n) is 1.76. The third kappa shape index (κ3) is 3.89. The molecule has 0 amide bonds. The van der Waals surface area contributed by atoms with E-state index in [2.05, 4.69) is 5.10 Å². The van der Waals surface area contributed by atoms with Gasteiger partial charge in [-0.2, -0.15) is 5.10 Å². The lowest BCUT2D eigenvalue weighted by molar-refractivity contribution is 0.282. The first-order valence-electron chi connectivity index (χ1n) is 6.15. The molecule has 0 saturated carbocycles. The summed E-state index contributed by atoms with van der Waals surface area (Å²) in [6.45, 7) is 0.546. The Balaban J connectivity index is 1.71. The molecule has 0 radical (unpaired) electrons. The van der Waals surface area contributed by atoms with Crippen LogP contribution in [-0.2, 0) is 13.5 Å². The largest absolute Gasteiger partial charge is 0.492 e. The molecule has 0 aliphatic heterocycles. The van der Waals surface area contributed by atoms with Crippen LogP contribution in [0.2, 0.25) is 0 Å². The van der Waals surface area contributed by atoms with Crippen molar-refractivity contribution in [1.29, 1.82) is 0 Å². The minimum Gasteiger partial charge on any atom is -0.492 e. The minimum absolute atomic E-state index is 0.0467.